The minimum Gasteiger partial charge on any atom is -0.473 e. The van der Waals surface area contributed by atoms with Crippen LogP contribution in [-0.2, 0) is 15.0 Å². The third-order valence-electron chi connectivity index (χ3n) is 4.03. The zero-order valence-corrected chi connectivity index (χ0v) is 12.6. The van der Waals surface area contributed by atoms with Crippen LogP contribution in [0.25, 0.3) is 5.57 Å². The number of carboxylic acids is 2. The Bertz CT molecular complexity index is 584. The van der Waals surface area contributed by atoms with Gasteiger partial charge in [-0.3, -0.25) is 0 Å². The van der Waals surface area contributed by atoms with Gasteiger partial charge in [0.15, 0.2) is 5.82 Å². The number of carboxylic acid groups (broad SMARTS) is 2. The molecule has 0 aromatic carbocycles. The summed E-state index contributed by atoms with van der Waals surface area (Å²) >= 11 is 0. The Labute approximate surface area is 127 Å². The first-order valence-corrected chi connectivity index (χ1v) is 7.04. The van der Waals surface area contributed by atoms with E-state index in [0.717, 1.165) is 30.4 Å². The van der Waals surface area contributed by atoms with Gasteiger partial charge in [-0.2, -0.15) is 4.98 Å². The number of carbonyl (C=O) groups is 2. The molecule has 1 aromatic rings. The Hall–Kier alpha value is -2.22. The summed E-state index contributed by atoms with van der Waals surface area (Å²) in [6.07, 6.45) is 4.46. The van der Waals surface area contributed by atoms with Crippen LogP contribution in [0.5, 0.6) is 0 Å². The molecular formula is C14H19N3O5. The lowest BCUT2D eigenvalue weighted by molar-refractivity contribution is -0.159. The van der Waals surface area contributed by atoms with Gasteiger partial charge in [-0.15, -0.1) is 0 Å². The summed E-state index contributed by atoms with van der Waals surface area (Å²) in [5.74, 6) is -2.06. The average molecular weight is 309 g/mol. The second-order valence-electron chi connectivity index (χ2n) is 5.60. The van der Waals surface area contributed by atoms with Gasteiger partial charge in [-0.1, -0.05) is 11.2 Å². The van der Waals surface area contributed by atoms with Crippen LogP contribution in [0.2, 0.25) is 0 Å². The van der Waals surface area contributed by atoms with Gasteiger partial charge in [0.2, 0.25) is 5.89 Å². The van der Waals surface area contributed by atoms with Crippen molar-refractivity contribution in [3.8, 4) is 0 Å². The predicted molar refractivity (Wildman–Crippen MR) is 76.2 cm³/mol. The largest absolute Gasteiger partial charge is 0.473 e. The van der Waals surface area contributed by atoms with E-state index in [1.54, 1.807) is 0 Å². The molecule has 0 aliphatic carbocycles. The summed E-state index contributed by atoms with van der Waals surface area (Å²) in [5, 5.41) is 18.8. The molecule has 0 spiro atoms. The summed E-state index contributed by atoms with van der Waals surface area (Å²) in [4.78, 5) is 25.2. The highest BCUT2D eigenvalue weighted by molar-refractivity contribution is 6.27. The molecule has 0 amide bonds. The lowest BCUT2D eigenvalue weighted by atomic mass is 9.72. The number of fused-ring (bicyclic) bond motifs is 2. The van der Waals surface area contributed by atoms with Crippen LogP contribution in [0.15, 0.2) is 10.6 Å². The van der Waals surface area contributed by atoms with Crippen molar-refractivity contribution in [2.45, 2.75) is 32.1 Å². The first-order valence-electron chi connectivity index (χ1n) is 7.04. The van der Waals surface area contributed by atoms with Crippen molar-refractivity contribution in [2.75, 3.05) is 19.6 Å². The van der Waals surface area contributed by atoms with Gasteiger partial charge in [0, 0.05) is 13.1 Å². The zero-order valence-electron chi connectivity index (χ0n) is 12.6. The Morgan fingerprint density at radius 2 is 1.95 bits per heavy atom. The molecule has 4 heterocycles. The van der Waals surface area contributed by atoms with E-state index in [9.17, 15) is 0 Å². The third-order valence-corrected chi connectivity index (χ3v) is 4.03. The molecule has 3 fully saturated rings. The van der Waals surface area contributed by atoms with Gasteiger partial charge in [-0.05, 0) is 38.8 Å². The number of hydrogen-bond acceptors (Lipinski definition) is 6. The SMILES string of the molecule is C/C=C(\C)c1noc(C23CCCN(C2)C3)n1.O=C(O)C(=O)O. The van der Waals surface area contributed by atoms with E-state index < -0.39 is 11.9 Å². The maximum atomic E-state index is 9.10. The van der Waals surface area contributed by atoms with Gasteiger partial charge >= 0.3 is 11.9 Å². The van der Waals surface area contributed by atoms with E-state index in [2.05, 4.69) is 15.0 Å². The Balaban J connectivity index is 0.000000254. The number of aliphatic carboxylic acids is 2. The number of aromatic nitrogens is 2. The number of piperidine rings is 2. The maximum Gasteiger partial charge on any atom is 0.414 e. The topological polar surface area (TPSA) is 117 Å². The molecule has 4 rings (SSSR count). The molecular weight excluding hydrogens is 290 g/mol. The first kappa shape index (κ1) is 16.2. The van der Waals surface area contributed by atoms with E-state index in [-0.39, 0.29) is 5.41 Å². The fraction of sp³-hybridized carbons (Fsp3) is 0.571. The van der Waals surface area contributed by atoms with Crippen molar-refractivity contribution < 1.29 is 24.3 Å². The van der Waals surface area contributed by atoms with Crippen molar-refractivity contribution in [2.24, 2.45) is 0 Å². The molecule has 0 saturated carbocycles. The second kappa shape index (κ2) is 6.27. The predicted octanol–water partition coefficient (Wildman–Crippen LogP) is 0.996. The van der Waals surface area contributed by atoms with Gasteiger partial charge in [-0.25, -0.2) is 9.59 Å². The molecule has 2 N–H and O–H groups in total. The minimum absolute atomic E-state index is 0.178. The summed E-state index contributed by atoms with van der Waals surface area (Å²) in [7, 11) is 0. The molecule has 0 atom stereocenters. The van der Waals surface area contributed by atoms with Crippen LogP contribution in [0.4, 0.5) is 0 Å². The number of nitrogens with zero attached hydrogens (tertiary/aromatic N) is 3. The Kier molecular flexibility index (Phi) is 4.60. The Morgan fingerprint density at radius 3 is 2.41 bits per heavy atom. The van der Waals surface area contributed by atoms with Gasteiger partial charge in [0.05, 0.1) is 5.41 Å². The second-order valence-corrected chi connectivity index (χ2v) is 5.60. The Morgan fingerprint density at radius 1 is 1.32 bits per heavy atom. The smallest absolute Gasteiger partial charge is 0.414 e. The highest BCUT2D eigenvalue weighted by Gasteiger charge is 2.50. The molecule has 3 aliphatic heterocycles. The molecule has 8 nitrogen and oxygen atoms in total. The molecule has 0 radical (unpaired) electrons. The van der Waals surface area contributed by atoms with E-state index in [1.165, 1.54) is 19.4 Å². The van der Waals surface area contributed by atoms with Gasteiger partial charge in [0.25, 0.3) is 0 Å². The quantitative estimate of drug-likeness (QED) is 0.777. The van der Waals surface area contributed by atoms with Crippen LogP contribution in [0.1, 0.15) is 38.4 Å². The highest BCUT2D eigenvalue weighted by atomic mass is 16.5. The van der Waals surface area contributed by atoms with Crippen molar-refractivity contribution in [1.29, 1.82) is 0 Å². The number of rotatable bonds is 2. The molecule has 22 heavy (non-hydrogen) atoms. The fourth-order valence-corrected chi connectivity index (χ4v) is 2.74. The monoisotopic (exact) mass is 309 g/mol. The highest BCUT2D eigenvalue weighted by Crippen LogP contribution is 2.41. The maximum absolute atomic E-state index is 9.10. The van der Waals surface area contributed by atoms with E-state index >= 15 is 0 Å². The van der Waals surface area contributed by atoms with E-state index in [0.29, 0.717) is 0 Å². The van der Waals surface area contributed by atoms with Crippen molar-refractivity contribution in [1.82, 2.24) is 15.0 Å². The van der Waals surface area contributed by atoms with Gasteiger partial charge in [0.1, 0.15) is 0 Å². The van der Waals surface area contributed by atoms with Crippen LogP contribution in [-0.4, -0.2) is 56.8 Å². The van der Waals surface area contributed by atoms with Crippen LogP contribution >= 0.6 is 0 Å². The van der Waals surface area contributed by atoms with Crippen LogP contribution in [0.3, 0.4) is 0 Å². The normalized spacial score (nSPS) is 26.5. The molecule has 1 aromatic heterocycles. The third kappa shape index (κ3) is 3.16. The molecule has 3 saturated heterocycles. The number of allylic oxidation sites excluding steroid dienone is 2. The minimum atomic E-state index is -1.82. The average Bonchev–Trinajstić information content (AvgIpc) is 2.97. The lowest BCUT2D eigenvalue weighted by Crippen LogP contribution is -2.63. The van der Waals surface area contributed by atoms with E-state index in [1.807, 2.05) is 19.9 Å². The fourth-order valence-electron chi connectivity index (χ4n) is 2.74. The standard InChI is InChI=1S/C12H17N3O.C2H2O4/c1-3-9(2)10-13-11(16-14-10)12-5-4-6-15(7-12)8-12;3-1(4)2(5)6/h3H,4-8H2,1-2H3;(H,3,4)(H,5,6)/b9-3+;. The molecule has 3 aliphatic rings. The number of hydrogen-bond donors (Lipinski definition) is 2. The van der Waals surface area contributed by atoms with Crippen molar-refractivity contribution in [3.63, 3.8) is 0 Å². The molecule has 2 bridgehead atoms. The van der Waals surface area contributed by atoms with E-state index in [4.69, 9.17) is 24.3 Å². The summed E-state index contributed by atoms with van der Waals surface area (Å²) in [5.41, 5.74) is 1.26. The van der Waals surface area contributed by atoms with Gasteiger partial charge < -0.3 is 19.6 Å². The first-order chi connectivity index (χ1) is 10.4. The molecule has 120 valence electrons. The zero-order chi connectivity index (χ0) is 16.3. The van der Waals surface area contributed by atoms with Crippen LogP contribution in [0, 0.1) is 0 Å². The molecule has 0 unspecified atom stereocenters. The summed E-state index contributed by atoms with van der Waals surface area (Å²) in [6, 6.07) is 0. The van der Waals surface area contributed by atoms with Crippen LogP contribution < -0.4 is 0 Å². The summed E-state index contributed by atoms with van der Waals surface area (Å²) in [6.45, 7) is 7.44. The molecule has 8 heteroatoms. The summed E-state index contributed by atoms with van der Waals surface area (Å²) < 4.78 is 5.44. The van der Waals surface area contributed by atoms with Crippen molar-refractivity contribution >= 4 is 17.5 Å². The van der Waals surface area contributed by atoms with Crippen molar-refractivity contribution in [3.05, 3.63) is 17.8 Å². The lowest BCUT2D eigenvalue weighted by Gasteiger charge is -2.52.